The molecule has 0 aliphatic carbocycles. The molecule has 0 bridgehead atoms. The van der Waals surface area contributed by atoms with Crippen LogP contribution in [0.25, 0.3) is 0 Å². The van der Waals surface area contributed by atoms with Crippen LogP contribution in [0.15, 0.2) is 0 Å². The first-order valence-electron chi connectivity index (χ1n) is 9.17. The largest absolute Gasteiger partial charge is 0.481 e. The lowest BCUT2D eigenvalue weighted by molar-refractivity contribution is -0.149. The van der Waals surface area contributed by atoms with E-state index in [1.54, 1.807) is 0 Å². The third-order valence-corrected chi connectivity index (χ3v) is 3.93. The second-order valence-corrected chi connectivity index (χ2v) is 6.22. The zero-order valence-electron chi connectivity index (χ0n) is 16.2. The highest BCUT2D eigenvalue weighted by Gasteiger charge is 2.27. The Labute approximate surface area is 168 Å². The zero-order chi connectivity index (χ0) is 22.2. The summed E-state index contributed by atoms with van der Waals surface area (Å²) in [5.41, 5.74) is 5.48. The summed E-state index contributed by atoms with van der Waals surface area (Å²) in [4.78, 5) is 45.1. The molecule has 0 fully saturated rings. The van der Waals surface area contributed by atoms with E-state index in [1.165, 1.54) is 4.90 Å². The summed E-state index contributed by atoms with van der Waals surface area (Å²) in [5.74, 6) is -4.82. The molecule has 2 unspecified atom stereocenters. The van der Waals surface area contributed by atoms with Crippen LogP contribution >= 0.6 is 0 Å². The van der Waals surface area contributed by atoms with Crippen LogP contribution in [-0.4, -0.2) is 114 Å². The molecule has 0 aromatic carbocycles. The Hall–Kier alpha value is -2.32. The number of nitrogens with one attached hydrogen (secondary N) is 3. The molecule has 168 valence electrons. The van der Waals surface area contributed by atoms with Crippen molar-refractivity contribution in [2.45, 2.75) is 24.9 Å². The molecule has 0 radical (unpaired) electrons. The number of hydrogen-bond donors (Lipinski definition) is 8. The number of hydrogen-bond acceptors (Lipinski definition) is 9. The summed E-state index contributed by atoms with van der Waals surface area (Å²) >= 11 is 0. The fourth-order valence-corrected chi connectivity index (χ4v) is 2.53. The van der Waals surface area contributed by atoms with Gasteiger partial charge in [0.25, 0.3) is 0 Å². The van der Waals surface area contributed by atoms with Gasteiger partial charge in [0.15, 0.2) is 0 Å². The molecule has 0 spiro atoms. The van der Waals surface area contributed by atoms with Gasteiger partial charge in [-0.3, -0.25) is 24.1 Å². The van der Waals surface area contributed by atoms with E-state index in [9.17, 15) is 24.3 Å². The standard InChI is InChI=1S/C16H31N5O8/c17-1-7-21(12(16(28)29)10-14(24)25)8-6-19-3-2-18-4-5-20-11(15(26)27)9-13(22)23/h11-12,18-20H,1-10,17H2,(H,22,23)(H,24,25)(H,26,27)(H,28,29). The maximum atomic E-state index is 11.3. The molecule has 2 atom stereocenters. The Kier molecular flexibility index (Phi) is 14.3. The highest BCUT2D eigenvalue weighted by atomic mass is 16.4. The number of carbonyl (C=O) groups is 4. The topological polar surface area (TPSA) is 215 Å². The third-order valence-electron chi connectivity index (χ3n) is 3.93. The van der Waals surface area contributed by atoms with Gasteiger partial charge >= 0.3 is 23.9 Å². The van der Waals surface area contributed by atoms with Gasteiger partial charge in [-0.25, -0.2) is 0 Å². The van der Waals surface area contributed by atoms with Crippen molar-refractivity contribution in [3.63, 3.8) is 0 Å². The average Bonchev–Trinajstić information content (AvgIpc) is 2.62. The van der Waals surface area contributed by atoms with Gasteiger partial charge in [-0.2, -0.15) is 0 Å². The van der Waals surface area contributed by atoms with Crippen LogP contribution in [-0.2, 0) is 19.2 Å². The predicted molar refractivity (Wildman–Crippen MR) is 102 cm³/mol. The highest BCUT2D eigenvalue weighted by Crippen LogP contribution is 2.04. The molecule has 0 aromatic rings. The number of nitrogens with zero attached hydrogens (tertiary/aromatic N) is 1. The molecule has 0 aliphatic heterocycles. The maximum absolute atomic E-state index is 11.3. The Morgan fingerprint density at radius 1 is 0.759 bits per heavy atom. The third kappa shape index (κ3) is 13.5. The summed E-state index contributed by atoms with van der Waals surface area (Å²) in [6.45, 7) is 3.03. The molecular weight excluding hydrogens is 390 g/mol. The van der Waals surface area contributed by atoms with Gasteiger partial charge in [0.1, 0.15) is 12.1 Å². The lowest BCUT2D eigenvalue weighted by atomic mass is 10.1. The van der Waals surface area contributed by atoms with Gasteiger partial charge < -0.3 is 42.1 Å². The SMILES string of the molecule is NCCN(CCNCCNCCNC(CC(=O)O)C(=O)O)C(CC(=O)O)C(=O)O. The van der Waals surface area contributed by atoms with Crippen molar-refractivity contribution in [3.05, 3.63) is 0 Å². The van der Waals surface area contributed by atoms with Crippen LogP contribution in [0.4, 0.5) is 0 Å². The second-order valence-electron chi connectivity index (χ2n) is 6.22. The average molecular weight is 421 g/mol. The van der Waals surface area contributed by atoms with Crippen molar-refractivity contribution in [2.24, 2.45) is 5.73 Å². The van der Waals surface area contributed by atoms with Crippen LogP contribution in [0, 0.1) is 0 Å². The van der Waals surface area contributed by atoms with Crippen LogP contribution in [0.5, 0.6) is 0 Å². The number of nitrogens with two attached hydrogens (primary N) is 1. The van der Waals surface area contributed by atoms with Gasteiger partial charge in [-0.1, -0.05) is 0 Å². The summed E-state index contributed by atoms with van der Waals surface area (Å²) < 4.78 is 0. The van der Waals surface area contributed by atoms with E-state index in [1.807, 2.05) is 0 Å². The highest BCUT2D eigenvalue weighted by molar-refractivity contribution is 5.81. The monoisotopic (exact) mass is 421 g/mol. The van der Waals surface area contributed by atoms with Crippen molar-refractivity contribution in [1.82, 2.24) is 20.9 Å². The minimum Gasteiger partial charge on any atom is -0.481 e. The van der Waals surface area contributed by atoms with E-state index in [2.05, 4.69) is 16.0 Å². The van der Waals surface area contributed by atoms with Gasteiger partial charge in [0, 0.05) is 52.4 Å². The fraction of sp³-hybridized carbons (Fsp3) is 0.750. The van der Waals surface area contributed by atoms with E-state index >= 15 is 0 Å². The number of rotatable bonds is 19. The van der Waals surface area contributed by atoms with E-state index in [-0.39, 0.29) is 19.6 Å². The lowest BCUT2D eigenvalue weighted by Crippen LogP contribution is -2.48. The minimum atomic E-state index is -1.22. The minimum absolute atomic E-state index is 0.206. The summed E-state index contributed by atoms with van der Waals surface area (Å²) in [7, 11) is 0. The molecule has 9 N–H and O–H groups in total. The number of carboxylic acid groups (broad SMARTS) is 4. The smallest absolute Gasteiger partial charge is 0.321 e. The molecule has 0 amide bonds. The summed E-state index contributed by atoms with van der Waals surface area (Å²) in [6, 6.07) is -2.29. The Bertz CT molecular complexity index is 533. The van der Waals surface area contributed by atoms with Crippen LogP contribution < -0.4 is 21.7 Å². The molecule has 0 aromatic heterocycles. The van der Waals surface area contributed by atoms with Crippen molar-refractivity contribution in [2.75, 3.05) is 52.4 Å². The van der Waals surface area contributed by atoms with Crippen molar-refractivity contribution in [1.29, 1.82) is 0 Å². The molecule has 0 saturated heterocycles. The van der Waals surface area contributed by atoms with E-state index in [4.69, 9.17) is 21.1 Å². The van der Waals surface area contributed by atoms with Gasteiger partial charge in [0.05, 0.1) is 12.8 Å². The molecule has 29 heavy (non-hydrogen) atoms. The van der Waals surface area contributed by atoms with Crippen LogP contribution in [0.1, 0.15) is 12.8 Å². The molecule has 0 rings (SSSR count). The van der Waals surface area contributed by atoms with Gasteiger partial charge in [-0.15, -0.1) is 0 Å². The normalized spacial score (nSPS) is 13.2. The second kappa shape index (κ2) is 15.6. The Balaban J connectivity index is 4.02. The van der Waals surface area contributed by atoms with Crippen LogP contribution in [0.2, 0.25) is 0 Å². The molecule has 13 nitrogen and oxygen atoms in total. The fourth-order valence-electron chi connectivity index (χ4n) is 2.53. The predicted octanol–water partition coefficient (Wildman–Crippen LogP) is -3.13. The zero-order valence-corrected chi connectivity index (χ0v) is 16.2. The molecule has 0 heterocycles. The Morgan fingerprint density at radius 3 is 1.79 bits per heavy atom. The first-order valence-corrected chi connectivity index (χ1v) is 9.17. The van der Waals surface area contributed by atoms with Crippen molar-refractivity contribution >= 4 is 23.9 Å². The molecule has 13 heteroatoms. The molecule has 0 aliphatic rings. The van der Waals surface area contributed by atoms with Gasteiger partial charge in [0.2, 0.25) is 0 Å². The van der Waals surface area contributed by atoms with E-state index < -0.39 is 48.8 Å². The lowest BCUT2D eigenvalue weighted by Gasteiger charge is -2.27. The van der Waals surface area contributed by atoms with Crippen molar-refractivity contribution in [3.8, 4) is 0 Å². The number of aliphatic carboxylic acids is 4. The summed E-state index contributed by atoms with van der Waals surface area (Å²) in [6.07, 6.45) is -1.02. The quantitative estimate of drug-likeness (QED) is 0.0969. The molecular formula is C16H31N5O8. The maximum Gasteiger partial charge on any atom is 0.321 e. The van der Waals surface area contributed by atoms with Crippen molar-refractivity contribution < 1.29 is 39.6 Å². The number of carboxylic acids is 4. The van der Waals surface area contributed by atoms with Gasteiger partial charge in [-0.05, 0) is 0 Å². The van der Waals surface area contributed by atoms with E-state index in [0.29, 0.717) is 32.7 Å². The summed E-state index contributed by atoms with van der Waals surface area (Å²) in [5, 5.41) is 44.4. The van der Waals surface area contributed by atoms with Crippen LogP contribution in [0.3, 0.4) is 0 Å². The first kappa shape index (κ1) is 26.7. The van der Waals surface area contributed by atoms with E-state index in [0.717, 1.165) is 0 Å². The first-order chi connectivity index (χ1) is 13.7. The molecule has 0 saturated carbocycles. The Morgan fingerprint density at radius 2 is 1.31 bits per heavy atom.